The maximum atomic E-state index is 13.2. The molecule has 0 saturated heterocycles. The SMILES string of the molecule is CCCCC(CC)(CBr)Cc1cccc(F)c1. The van der Waals surface area contributed by atoms with Crippen LogP contribution in [-0.2, 0) is 6.42 Å². The topological polar surface area (TPSA) is 0 Å². The molecule has 0 amide bonds. The van der Waals surface area contributed by atoms with Gasteiger partial charge in [-0.15, -0.1) is 0 Å². The first-order valence-corrected chi connectivity index (χ1v) is 7.58. The summed E-state index contributed by atoms with van der Waals surface area (Å²) in [5, 5.41) is 0.993. The summed E-state index contributed by atoms with van der Waals surface area (Å²) < 4.78 is 13.2. The molecule has 0 spiro atoms. The molecule has 0 bridgehead atoms. The van der Waals surface area contributed by atoms with E-state index in [1.54, 1.807) is 12.1 Å². The van der Waals surface area contributed by atoms with Crippen LogP contribution in [0.4, 0.5) is 4.39 Å². The minimum absolute atomic E-state index is 0.127. The van der Waals surface area contributed by atoms with Crippen molar-refractivity contribution in [3.8, 4) is 0 Å². The van der Waals surface area contributed by atoms with Crippen LogP contribution in [0.5, 0.6) is 0 Å². The van der Waals surface area contributed by atoms with Gasteiger partial charge in [0, 0.05) is 5.33 Å². The minimum Gasteiger partial charge on any atom is -0.207 e. The Kier molecular flexibility index (Phi) is 6.18. The number of halogens is 2. The van der Waals surface area contributed by atoms with Crippen LogP contribution in [-0.4, -0.2) is 5.33 Å². The third-order valence-corrected chi connectivity index (χ3v) is 4.75. The summed E-state index contributed by atoms with van der Waals surface area (Å²) in [6, 6.07) is 7.01. The van der Waals surface area contributed by atoms with E-state index in [0.29, 0.717) is 0 Å². The first-order chi connectivity index (χ1) is 8.15. The van der Waals surface area contributed by atoms with Gasteiger partial charge in [0.25, 0.3) is 0 Å². The lowest BCUT2D eigenvalue weighted by molar-refractivity contribution is 0.283. The molecule has 0 heterocycles. The van der Waals surface area contributed by atoms with Gasteiger partial charge in [-0.25, -0.2) is 4.39 Å². The van der Waals surface area contributed by atoms with Crippen LogP contribution in [0, 0.1) is 11.2 Å². The quantitative estimate of drug-likeness (QED) is 0.596. The molecule has 0 aromatic heterocycles. The summed E-state index contributed by atoms with van der Waals surface area (Å²) in [5.74, 6) is -0.127. The van der Waals surface area contributed by atoms with Gasteiger partial charge in [-0.1, -0.05) is 54.8 Å². The fourth-order valence-electron chi connectivity index (χ4n) is 2.23. The molecule has 1 atom stereocenters. The number of unbranched alkanes of at least 4 members (excludes halogenated alkanes) is 1. The second-order valence-electron chi connectivity index (χ2n) is 4.90. The van der Waals surface area contributed by atoms with Gasteiger partial charge in [0.2, 0.25) is 0 Å². The lowest BCUT2D eigenvalue weighted by Gasteiger charge is -2.31. The highest BCUT2D eigenvalue weighted by Crippen LogP contribution is 2.35. The van der Waals surface area contributed by atoms with E-state index in [1.165, 1.54) is 25.3 Å². The Morgan fingerprint density at radius 2 is 2.06 bits per heavy atom. The summed E-state index contributed by atoms with van der Waals surface area (Å²) >= 11 is 3.65. The van der Waals surface area contributed by atoms with E-state index in [2.05, 4.69) is 29.8 Å². The van der Waals surface area contributed by atoms with Crippen molar-refractivity contribution in [2.75, 3.05) is 5.33 Å². The maximum absolute atomic E-state index is 13.2. The average molecular weight is 301 g/mol. The molecule has 1 aromatic rings. The number of rotatable bonds is 7. The molecule has 1 aromatic carbocycles. The van der Waals surface area contributed by atoms with Crippen molar-refractivity contribution in [3.63, 3.8) is 0 Å². The zero-order valence-electron chi connectivity index (χ0n) is 10.8. The van der Waals surface area contributed by atoms with Crippen molar-refractivity contribution in [1.29, 1.82) is 0 Å². The molecule has 1 rings (SSSR count). The van der Waals surface area contributed by atoms with Gasteiger partial charge in [-0.2, -0.15) is 0 Å². The Balaban J connectivity index is 2.78. The summed E-state index contributed by atoms with van der Waals surface area (Å²) in [6.45, 7) is 4.45. The van der Waals surface area contributed by atoms with E-state index in [-0.39, 0.29) is 11.2 Å². The third-order valence-electron chi connectivity index (χ3n) is 3.56. The summed E-state index contributed by atoms with van der Waals surface area (Å²) in [4.78, 5) is 0. The molecule has 1 unspecified atom stereocenters. The molecule has 0 aliphatic heterocycles. The monoisotopic (exact) mass is 300 g/mol. The molecule has 0 aliphatic carbocycles. The average Bonchev–Trinajstić information content (AvgIpc) is 2.35. The van der Waals surface area contributed by atoms with Crippen LogP contribution < -0.4 is 0 Å². The molecule has 0 N–H and O–H groups in total. The third kappa shape index (κ3) is 4.42. The van der Waals surface area contributed by atoms with Crippen molar-refractivity contribution in [1.82, 2.24) is 0 Å². The van der Waals surface area contributed by atoms with Crippen molar-refractivity contribution in [3.05, 3.63) is 35.6 Å². The van der Waals surface area contributed by atoms with Gasteiger partial charge in [0.15, 0.2) is 0 Å². The lowest BCUT2D eigenvalue weighted by atomic mass is 9.77. The second kappa shape index (κ2) is 7.15. The smallest absolute Gasteiger partial charge is 0.123 e. The van der Waals surface area contributed by atoms with Gasteiger partial charge in [0.1, 0.15) is 5.82 Å². The van der Waals surface area contributed by atoms with Crippen LogP contribution in [0.3, 0.4) is 0 Å². The molecule has 17 heavy (non-hydrogen) atoms. The first-order valence-electron chi connectivity index (χ1n) is 6.46. The normalized spacial score (nSPS) is 14.6. The van der Waals surface area contributed by atoms with Gasteiger partial charge < -0.3 is 0 Å². The summed E-state index contributed by atoms with van der Waals surface area (Å²) in [6.07, 6.45) is 5.77. The minimum atomic E-state index is -0.127. The molecule has 0 fully saturated rings. The molecule has 0 radical (unpaired) electrons. The first kappa shape index (κ1) is 14.7. The number of benzene rings is 1. The Morgan fingerprint density at radius 3 is 2.59 bits per heavy atom. The summed E-state index contributed by atoms with van der Waals surface area (Å²) in [5.41, 5.74) is 1.39. The van der Waals surface area contributed by atoms with E-state index in [1.807, 2.05) is 6.07 Å². The van der Waals surface area contributed by atoms with Gasteiger partial charge >= 0.3 is 0 Å². The number of alkyl halides is 1. The fraction of sp³-hybridized carbons (Fsp3) is 0.600. The lowest BCUT2D eigenvalue weighted by Crippen LogP contribution is -2.25. The largest absolute Gasteiger partial charge is 0.207 e. The van der Waals surface area contributed by atoms with Crippen molar-refractivity contribution < 1.29 is 4.39 Å². The highest BCUT2D eigenvalue weighted by molar-refractivity contribution is 9.09. The predicted octanol–water partition coefficient (Wildman–Crippen LogP) is 5.35. The molecule has 96 valence electrons. The number of hydrogen-bond acceptors (Lipinski definition) is 0. The van der Waals surface area contributed by atoms with E-state index in [9.17, 15) is 4.39 Å². The van der Waals surface area contributed by atoms with Gasteiger partial charge in [-0.05, 0) is 42.4 Å². The zero-order chi connectivity index (χ0) is 12.7. The van der Waals surface area contributed by atoms with Crippen molar-refractivity contribution in [2.24, 2.45) is 5.41 Å². The van der Waals surface area contributed by atoms with Crippen molar-refractivity contribution in [2.45, 2.75) is 46.0 Å². The van der Waals surface area contributed by atoms with Crippen LogP contribution in [0.25, 0.3) is 0 Å². The fourth-order valence-corrected chi connectivity index (χ4v) is 3.11. The second-order valence-corrected chi connectivity index (χ2v) is 5.46. The van der Waals surface area contributed by atoms with Gasteiger partial charge in [0.05, 0.1) is 0 Å². The highest BCUT2D eigenvalue weighted by Gasteiger charge is 2.26. The Labute approximate surface area is 113 Å². The molecule has 2 heteroatoms. The van der Waals surface area contributed by atoms with Crippen LogP contribution in [0.15, 0.2) is 24.3 Å². The molecule has 0 saturated carbocycles. The van der Waals surface area contributed by atoms with E-state index in [4.69, 9.17) is 0 Å². The standard InChI is InChI=1S/C15H22BrF/c1-3-5-9-15(4-2,12-16)11-13-7-6-8-14(17)10-13/h6-8,10H,3-5,9,11-12H2,1-2H3. The van der Waals surface area contributed by atoms with Crippen LogP contribution in [0.2, 0.25) is 0 Å². The van der Waals surface area contributed by atoms with E-state index < -0.39 is 0 Å². The Hall–Kier alpha value is -0.370. The van der Waals surface area contributed by atoms with Gasteiger partial charge in [-0.3, -0.25) is 0 Å². The van der Waals surface area contributed by atoms with Crippen LogP contribution in [0.1, 0.15) is 45.1 Å². The maximum Gasteiger partial charge on any atom is 0.123 e. The molecule has 0 aliphatic rings. The molecule has 0 nitrogen and oxygen atoms in total. The molecular formula is C15H22BrF. The summed E-state index contributed by atoms with van der Waals surface area (Å²) in [7, 11) is 0. The predicted molar refractivity (Wildman–Crippen MR) is 76.1 cm³/mol. The highest BCUT2D eigenvalue weighted by atomic mass is 79.9. The number of hydrogen-bond donors (Lipinski definition) is 0. The van der Waals surface area contributed by atoms with Crippen LogP contribution >= 0.6 is 15.9 Å². The zero-order valence-corrected chi connectivity index (χ0v) is 12.4. The van der Waals surface area contributed by atoms with E-state index >= 15 is 0 Å². The Bertz CT molecular complexity index is 331. The Morgan fingerprint density at radius 1 is 1.29 bits per heavy atom. The molecular weight excluding hydrogens is 279 g/mol. The van der Waals surface area contributed by atoms with E-state index in [0.717, 1.165) is 23.7 Å². The van der Waals surface area contributed by atoms with Crippen molar-refractivity contribution >= 4 is 15.9 Å².